The molecule has 1 aliphatic carbocycles. The molecule has 1 aliphatic rings. The zero-order valence-electron chi connectivity index (χ0n) is 13.4. The van der Waals surface area contributed by atoms with E-state index >= 15 is 0 Å². The maximum absolute atomic E-state index is 12.1. The molecule has 1 atom stereocenters. The van der Waals surface area contributed by atoms with Crippen LogP contribution in [0.4, 0.5) is 0 Å². The van der Waals surface area contributed by atoms with E-state index in [0.29, 0.717) is 37.4 Å². The van der Waals surface area contributed by atoms with Gasteiger partial charge in [0.05, 0.1) is 12.6 Å². The molecule has 0 radical (unpaired) electrons. The first kappa shape index (κ1) is 17.4. The lowest BCUT2D eigenvalue weighted by molar-refractivity contribution is -0.123. The van der Waals surface area contributed by atoms with Gasteiger partial charge in [0, 0.05) is 13.0 Å². The van der Waals surface area contributed by atoms with E-state index in [4.69, 9.17) is 10.5 Å². The van der Waals surface area contributed by atoms with Crippen molar-refractivity contribution >= 4 is 5.91 Å². The molecule has 118 valence electrons. The summed E-state index contributed by atoms with van der Waals surface area (Å²) in [6.07, 6.45) is 5.31. The summed E-state index contributed by atoms with van der Waals surface area (Å²) in [7, 11) is 0. The summed E-state index contributed by atoms with van der Waals surface area (Å²) in [6.45, 7) is 8.33. The molecule has 0 bridgehead atoms. The predicted octanol–water partition coefficient (Wildman–Crippen LogP) is 2.32. The number of hydrogen-bond donors (Lipinski definition) is 2. The smallest absolute Gasteiger partial charge is 0.220 e. The largest absolute Gasteiger partial charge is 0.380 e. The molecule has 1 fully saturated rings. The topological polar surface area (TPSA) is 64.3 Å². The van der Waals surface area contributed by atoms with Gasteiger partial charge in [0.2, 0.25) is 5.91 Å². The van der Waals surface area contributed by atoms with Crippen molar-refractivity contribution in [1.29, 1.82) is 0 Å². The maximum atomic E-state index is 12.1. The van der Waals surface area contributed by atoms with Crippen molar-refractivity contribution in [2.45, 2.75) is 58.9 Å². The molecule has 0 aromatic rings. The van der Waals surface area contributed by atoms with E-state index in [1.807, 2.05) is 6.92 Å². The Morgan fingerprint density at radius 3 is 2.35 bits per heavy atom. The number of carbonyl (C=O) groups excluding carboxylic acids is 1. The summed E-state index contributed by atoms with van der Waals surface area (Å²) in [5, 5.41) is 3.14. The first-order chi connectivity index (χ1) is 9.56. The molecule has 0 aromatic heterocycles. The summed E-state index contributed by atoms with van der Waals surface area (Å²) in [5.74, 6) is 1.80. The Kier molecular flexibility index (Phi) is 8.15. The van der Waals surface area contributed by atoms with Crippen LogP contribution in [-0.2, 0) is 9.53 Å². The highest BCUT2D eigenvalue weighted by Crippen LogP contribution is 2.30. The lowest BCUT2D eigenvalue weighted by Gasteiger charge is -2.28. The Morgan fingerprint density at radius 1 is 1.25 bits per heavy atom. The Balaban J connectivity index is 2.31. The normalized spacial score (nSPS) is 24.6. The van der Waals surface area contributed by atoms with Gasteiger partial charge in [0.1, 0.15) is 0 Å². The summed E-state index contributed by atoms with van der Waals surface area (Å²) in [6, 6.07) is 0.128. The van der Waals surface area contributed by atoms with Gasteiger partial charge in [-0.25, -0.2) is 0 Å². The van der Waals surface area contributed by atoms with Gasteiger partial charge in [-0.05, 0) is 56.9 Å². The first-order valence-electron chi connectivity index (χ1n) is 8.13. The van der Waals surface area contributed by atoms with Crippen LogP contribution in [0.15, 0.2) is 0 Å². The van der Waals surface area contributed by atoms with Crippen LogP contribution in [0.25, 0.3) is 0 Å². The zero-order valence-corrected chi connectivity index (χ0v) is 13.4. The van der Waals surface area contributed by atoms with Crippen molar-refractivity contribution in [3.05, 3.63) is 0 Å². The minimum atomic E-state index is 0.128. The quantitative estimate of drug-likeness (QED) is 0.719. The van der Waals surface area contributed by atoms with E-state index in [0.717, 1.165) is 19.4 Å². The summed E-state index contributed by atoms with van der Waals surface area (Å²) >= 11 is 0. The zero-order chi connectivity index (χ0) is 15.0. The molecule has 1 amide bonds. The van der Waals surface area contributed by atoms with E-state index in [-0.39, 0.29) is 11.9 Å². The molecule has 0 saturated heterocycles. The van der Waals surface area contributed by atoms with Crippen LogP contribution in [0.2, 0.25) is 0 Å². The monoisotopic (exact) mass is 284 g/mol. The van der Waals surface area contributed by atoms with Crippen molar-refractivity contribution in [2.75, 3.05) is 19.8 Å². The predicted molar refractivity (Wildman–Crippen MR) is 82.4 cm³/mol. The fraction of sp³-hybridized carbons (Fsp3) is 0.938. The molecular formula is C16H32N2O2. The van der Waals surface area contributed by atoms with Crippen LogP contribution in [0.1, 0.15) is 52.9 Å². The van der Waals surface area contributed by atoms with E-state index in [1.54, 1.807) is 0 Å². The molecule has 3 N–H and O–H groups in total. The van der Waals surface area contributed by atoms with Crippen LogP contribution in [0.3, 0.4) is 0 Å². The van der Waals surface area contributed by atoms with Crippen molar-refractivity contribution in [2.24, 2.45) is 23.5 Å². The second-order valence-electron chi connectivity index (χ2n) is 6.40. The van der Waals surface area contributed by atoms with Gasteiger partial charge < -0.3 is 15.8 Å². The van der Waals surface area contributed by atoms with Crippen LogP contribution >= 0.6 is 0 Å². The highest BCUT2D eigenvalue weighted by atomic mass is 16.5. The number of nitrogens with one attached hydrogen (secondary N) is 1. The first-order valence-corrected chi connectivity index (χ1v) is 8.13. The number of amides is 1. The van der Waals surface area contributed by atoms with Crippen LogP contribution in [0.5, 0.6) is 0 Å². The van der Waals surface area contributed by atoms with E-state index in [9.17, 15) is 4.79 Å². The van der Waals surface area contributed by atoms with Crippen molar-refractivity contribution in [3.8, 4) is 0 Å². The average molecular weight is 284 g/mol. The third-order valence-corrected chi connectivity index (χ3v) is 4.43. The molecule has 0 aromatic carbocycles. The van der Waals surface area contributed by atoms with Crippen LogP contribution in [-0.4, -0.2) is 31.7 Å². The molecule has 0 spiro atoms. The van der Waals surface area contributed by atoms with E-state index in [1.165, 1.54) is 12.8 Å². The van der Waals surface area contributed by atoms with Crippen molar-refractivity contribution in [3.63, 3.8) is 0 Å². The summed E-state index contributed by atoms with van der Waals surface area (Å²) in [5.41, 5.74) is 5.70. The van der Waals surface area contributed by atoms with Gasteiger partial charge in [0.25, 0.3) is 0 Å². The SMILES string of the molecule is CCOCC(NC(=O)CC1CCC(CN)CC1)C(C)C. The lowest BCUT2D eigenvalue weighted by atomic mass is 9.80. The third-order valence-electron chi connectivity index (χ3n) is 4.43. The van der Waals surface area contributed by atoms with Crippen LogP contribution in [0, 0.1) is 17.8 Å². The molecule has 0 heterocycles. The molecule has 1 rings (SSSR count). The molecule has 1 saturated carbocycles. The molecule has 0 aliphatic heterocycles. The fourth-order valence-corrected chi connectivity index (χ4v) is 2.84. The maximum Gasteiger partial charge on any atom is 0.220 e. The van der Waals surface area contributed by atoms with Gasteiger partial charge >= 0.3 is 0 Å². The number of ether oxygens (including phenoxy) is 1. The third kappa shape index (κ3) is 6.23. The molecular weight excluding hydrogens is 252 g/mol. The second-order valence-corrected chi connectivity index (χ2v) is 6.40. The molecule has 4 nitrogen and oxygen atoms in total. The summed E-state index contributed by atoms with van der Waals surface area (Å²) < 4.78 is 5.45. The highest BCUT2D eigenvalue weighted by molar-refractivity contribution is 5.76. The fourth-order valence-electron chi connectivity index (χ4n) is 2.84. The molecule has 4 heteroatoms. The van der Waals surface area contributed by atoms with Gasteiger partial charge in [0.15, 0.2) is 0 Å². The number of nitrogens with two attached hydrogens (primary N) is 1. The van der Waals surface area contributed by atoms with Crippen molar-refractivity contribution < 1.29 is 9.53 Å². The summed E-state index contributed by atoms with van der Waals surface area (Å²) in [4.78, 5) is 12.1. The van der Waals surface area contributed by atoms with Gasteiger partial charge in [-0.15, -0.1) is 0 Å². The van der Waals surface area contributed by atoms with Gasteiger partial charge in [-0.1, -0.05) is 13.8 Å². The standard InChI is InChI=1S/C16H32N2O2/c1-4-20-11-15(12(2)3)18-16(19)9-13-5-7-14(10-17)8-6-13/h12-15H,4-11,17H2,1-3H3,(H,18,19). The number of carbonyl (C=O) groups is 1. The van der Waals surface area contributed by atoms with Crippen LogP contribution < -0.4 is 11.1 Å². The van der Waals surface area contributed by atoms with Gasteiger partial charge in [-0.3, -0.25) is 4.79 Å². The highest BCUT2D eigenvalue weighted by Gasteiger charge is 2.24. The minimum Gasteiger partial charge on any atom is -0.380 e. The number of hydrogen-bond acceptors (Lipinski definition) is 3. The Bertz CT molecular complexity index is 274. The van der Waals surface area contributed by atoms with E-state index in [2.05, 4.69) is 19.2 Å². The Hall–Kier alpha value is -0.610. The average Bonchev–Trinajstić information content (AvgIpc) is 2.44. The second kappa shape index (κ2) is 9.35. The van der Waals surface area contributed by atoms with Crippen molar-refractivity contribution in [1.82, 2.24) is 5.32 Å². The Labute approximate surface area is 123 Å². The Morgan fingerprint density at radius 2 is 1.85 bits per heavy atom. The van der Waals surface area contributed by atoms with E-state index < -0.39 is 0 Å². The van der Waals surface area contributed by atoms with Gasteiger partial charge in [-0.2, -0.15) is 0 Å². The minimum absolute atomic E-state index is 0.128. The lowest BCUT2D eigenvalue weighted by Crippen LogP contribution is -2.42. The molecule has 1 unspecified atom stereocenters. The number of rotatable bonds is 8. The molecule has 20 heavy (non-hydrogen) atoms.